The third kappa shape index (κ3) is 2.28. The molecule has 0 aromatic carbocycles. The number of carbonyl (C=O) groups is 1. The third-order valence-electron chi connectivity index (χ3n) is 1.08. The van der Waals surface area contributed by atoms with E-state index in [1.54, 1.807) is 0 Å². The molecule has 0 saturated carbocycles. The molecule has 0 aromatic rings. The van der Waals surface area contributed by atoms with Crippen LogP contribution in [0.15, 0.2) is 0 Å². The van der Waals surface area contributed by atoms with Gasteiger partial charge in [0.15, 0.2) is 0 Å². The van der Waals surface area contributed by atoms with Gasteiger partial charge in [0.05, 0.1) is 6.42 Å². The van der Waals surface area contributed by atoms with Crippen LogP contribution in [0.3, 0.4) is 0 Å². The lowest BCUT2D eigenvalue weighted by molar-refractivity contribution is -0.198. The average molecular weight is 186 g/mol. The lowest BCUT2D eigenvalue weighted by Crippen LogP contribution is -2.34. The third-order valence-corrected chi connectivity index (χ3v) is 2.19. The number of rotatable bonds is 0. The van der Waals surface area contributed by atoms with Crippen molar-refractivity contribution < 1.29 is 22.7 Å². The Balaban J connectivity index is 2.53. The average Bonchev–Trinajstić information content (AvgIpc) is 1.86. The van der Waals surface area contributed by atoms with Crippen molar-refractivity contribution in [3.05, 3.63) is 0 Å². The number of hydrogen-bond donors (Lipinski definition) is 0. The van der Waals surface area contributed by atoms with Crippen molar-refractivity contribution >= 4 is 17.7 Å². The molecule has 1 heterocycles. The van der Waals surface area contributed by atoms with Gasteiger partial charge in [0, 0.05) is 5.75 Å². The maximum absolute atomic E-state index is 11.8. The predicted octanol–water partition coefficient (Wildman–Crippen LogP) is 1.55. The Morgan fingerprint density at radius 2 is 2.18 bits per heavy atom. The van der Waals surface area contributed by atoms with Gasteiger partial charge in [0.2, 0.25) is 5.44 Å². The summed E-state index contributed by atoms with van der Waals surface area (Å²) in [5.74, 6) is -0.589. The zero-order valence-corrected chi connectivity index (χ0v) is 6.17. The van der Waals surface area contributed by atoms with Crippen molar-refractivity contribution in [2.24, 2.45) is 0 Å². The van der Waals surface area contributed by atoms with Crippen LogP contribution >= 0.6 is 11.8 Å². The number of hydrogen-bond acceptors (Lipinski definition) is 3. The highest BCUT2D eigenvalue weighted by Gasteiger charge is 2.44. The van der Waals surface area contributed by atoms with E-state index in [1.807, 2.05) is 0 Å². The molecule has 1 atom stereocenters. The summed E-state index contributed by atoms with van der Waals surface area (Å²) in [5.41, 5.74) is -1.95. The second-order valence-electron chi connectivity index (χ2n) is 1.98. The maximum atomic E-state index is 11.8. The molecular weight excluding hydrogens is 181 g/mol. The van der Waals surface area contributed by atoms with E-state index in [2.05, 4.69) is 4.74 Å². The minimum absolute atomic E-state index is 0.0667. The SMILES string of the molecule is O=C1CCSC(C(F)(F)F)O1. The Kier molecular flexibility index (Phi) is 2.31. The van der Waals surface area contributed by atoms with Crippen molar-refractivity contribution in [3.8, 4) is 0 Å². The van der Waals surface area contributed by atoms with Crippen LogP contribution in [0.25, 0.3) is 0 Å². The topological polar surface area (TPSA) is 26.3 Å². The molecule has 1 unspecified atom stereocenters. The van der Waals surface area contributed by atoms with Gasteiger partial charge in [0.25, 0.3) is 0 Å². The Morgan fingerprint density at radius 3 is 2.55 bits per heavy atom. The van der Waals surface area contributed by atoms with Crippen molar-refractivity contribution in [2.75, 3.05) is 5.75 Å². The van der Waals surface area contributed by atoms with Crippen LogP contribution in [0.4, 0.5) is 13.2 Å². The van der Waals surface area contributed by atoms with Gasteiger partial charge in [-0.1, -0.05) is 0 Å². The van der Waals surface area contributed by atoms with Crippen LogP contribution < -0.4 is 0 Å². The van der Waals surface area contributed by atoms with E-state index in [0.29, 0.717) is 11.8 Å². The number of cyclic esters (lactones) is 1. The van der Waals surface area contributed by atoms with Crippen LogP contribution in [0, 0.1) is 0 Å². The number of halogens is 3. The normalized spacial score (nSPS) is 26.5. The Morgan fingerprint density at radius 1 is 1.55 bits per heavy atom. The molecule has 1 fully saturated rings. The molecule has 0 aliphatic carbocycles. The summed E-state index contributed by atoms with van der Waals surface area (Å²) in [7, 11) is 0. The second-order valence-corrected chi connectivity index (χ2v) is 3.15. The smallest absolute Gasteiger partial charge is 0.435 e. The molecule has 0 bridgehead atoms. The van der Waals surface area contributed by atoms with Gasteiger partial charge in [0.1, 0.15) is 0 Å². The van der Waals surface area contributed by atoms with Crippen LogP contribution in [-0.4, -0.2) is 23.3 Å². The highest BCUT2D eigenvalue weighted by atomic mass is 32.2. The molecular formula is C5H5F3O2S. The first-order chi connectivity index (χ1) is 5.00. The van der Waals surface area contributed by atoms with Gasteiger partial charge >= 0.3 is 12.1 Å². The monoisotopic (exact) mass is 186 g/mol. The van der Waals surface area contributed by atoms with Gasteiger partial charge in [-0.3, -0.25) is 4.79 Å². The summed E-state index contributed by atoms with van der Waals surface area (Å²) in [6.07, 6.45) is -4.36. The minimum atomic E-state index is -4.43. The maximum Gasteiger partial charge on any atom is 0.435 e. The summed E-state index contributed by atoms with van der Waals surface area (Å²) in [6.45, 7) is 0. The van der Waals surface area contributed by atoms with E-state index in [1.165, 1.54) is 0 Å². The molecule has 1 aliphatic heterocycles. The van der Waals surface area contributed by atoms with Crippen LogP contribution in [0.2, 0.25) is 0 Å². The number of alkyl halides is 3. The molecule has 0 aromatic heterocycles. The van der Waals surface area contributed by atoms with E-state index in [-0.39, 0.29) is 12.2 Å². The molecule has 1 rings (SSSR count). The fourth-order valence-corrected chi connectivity index (χ4v) is 1.49. The van der Waals surface area contributed by atoms with E-state index < -0.39 is 17.6 Å². The summed E-state index contributed by atoms with van der Waals surface area (Å²) >= 11 is 0.606. The molecule has 64 valence electrons. The molecule has 1 aliphatic rings. The molecule has 0 N–H and O–H groups in total. The van der Waals surface area contributed by atoms with Crippen molar-refractivity contribution in [2.45, 2.75) is 18.0 Å². The highest BCUT2D eigenvalue weighted by molar-refractivity contribution is 7.99. The fraction of sp³-hybridized carbons (Fsp3) is 0.800. The molecule has 0 amide bonds. The van der Waals surface area contributed by atoms with Gasteiger partial charge < -0.3 is 4.74 Å². The number of thioether (sulfide) groups is 1. The second kappa shape index (κ2) is 2.92. The number of ether oxygens (including phenoxy) is 1. The lowest BCUT2D eigenvalue weighted by atomic mass is 10.5. The van der Waals surface area contributed by atoms with Gasteiger partial charge in [-0.15, -0.1) is 11.8 Å². The molecule has 0 spiro atoms. The Bertz CT molecular complexity index is 168. The van der Waals surface area contributed by atoms with E-state index in [9.17, 15) is 18.0 Å². The fourth-order valence-electron chi connectivity index (χ4n) is 0.623. The predicted molar refractivity (Wildman–Crippen MR) is 33.0 cm³/mol. The summed E-state index contributed by atoms with van der Waals surface area (Å²) in [4.78, 5) is 10.4. The molecule has 2 nitrogen and oxygen atoms in total. The zero-order chi connectivity index (χ0) is 8.48. The summed E-state index contributed by atoms with van der Waals surface area (Å²) in [5, 5.41) is 0. The van der Waals surface area contributed by atoms with E-state index >= 15 is 0 Å². The Hall–Kier alpha value is -0.390. The number of carbonyl (C=O) groups excluding carboxylic acids is 1. The zero-order valence-electron chi connectivity index (χ0n) is 5.35. The largest absolute Gasteiger partial charge is 0.441 e. The van der Waals surface area contributed by atoms with Crippen molar-refractivity contribution in [3.63, 3.8) is 0 Å². The van der Waals surface area contributed by atoms with Crippen LogP contribution in [0.1, 0.15) is 6.42 Å². The molecule has 0 radical (unpaired) electrons. The minimum Gasteiger partial charge on any atom is -0.441 e. The van der Waals surface area contributed by atoms with Gasteiger partial charge in [-0.05, 0) is 0 Å². The first-order valence-electron chi connectivity index (χ1n) is 2.88. The van der Waals surface area contributed by atoms with Gasteiger partial charge in [-0.25, -0.2) is 0 Å². The summed E-state index contributed by atoms with van der Waals surface area (Å²) in [6, 6.07) is 0. The van der Waals surface area contributed by atoms with Crippen molar-refractivity contribution in [1.29, 1.82) is 0 Å². The first kappa shape index (κ1) is 8.70. The van der Waals surface area contributed by atoms with E-state index in [4.69, 9.17) is 0 Å². The van der Waals surface area contributed by atoms with E-state index in [0.717, 1.165) is 0 Å². The lowest BCUT2D eigenvalue weighted by Gasteiger charge is -2.23. The molecule has 1 saturated heterocycles. The summed E-state index contributed by atoms with van der Waals surface area (Å²) < 4.78 is 39.5. The molecule has 11 heavy (non-hydrogen) atoms. The highest BCUT2D eigenvalue weighted by Crippen LogP contribution is 2.34. The Labute approximate surface area is 65.1 Å². The van der Waals surface area contributed by atoms with Gasteiger partial charge in [-0.2, -0.15) is 13.2 Å². The van der Waals surface area contributed by atoms with Crippen LogP contribution in [0.5, 0.6) is 0 Å². The standard InChI is InChI=1S/C5H5F3O2S/c6-5(7,8)4-10-3(9)1-2-11-4/h4H,1-2H2. The van der Waals surface area contributed by atoms with Crippen molar-refractivity contribution in [1.82, 2.24) is 0 Å². The van der Waals surface area contributed by atoms with Crippen LogP contribution in [-0.2, 0) is 9.53 Å². The first-order valence-corrected chi connectivity index (χ1v) is 3.93. The molecule has 6 heteroatoms. The number of esters is 1. The quantitative estimate of drug-likeness (QED) is 0.537.